The van der Waals surface area contributed by atoms with E-state index in [-0.39, 0.29) is 6.61 Å². The smallest absolute Gasteiger partial charge is 0.124 e. The predicted molar refractivity (Wildman–Crippen MR) is 85.5 cm³/mol. The monoisotopic (exact) mass is 298 g/mol. The highest BCUT2D eigenvalue weighted by molar-refractivity contribution is 5.33. The Morgan fingerprint density at radius 3 is 2.77 bits per heavy atom. The summed E-state index contributed by atoms with van der Waals surface area (Å²) in [5.74, 6) is 0.912. The van der Waals surface area contributed by atoms with Gasteiger partial charge in [-0.25, -0.2) is 0 Å². The number of pyridine rings is 1. The minimum atomic E-state index is 0.204. The lowest BCUT2D eigenvalue weighted by Gasteiger charge is -2.22. The first-order chi connectivity index (χ1) is 10.9. The summed E-state index contributed by atoms with van der Waals surface area (Å²) in [6, 6.07) is 12.7. The molecule has 1 aromatic carbocycles. The number of rotatable bonds is 8. The van der Waals surface area contributed by atoms with Gasteiger partial charge >= 0.3 is 0 Å². The molecule has 0 unspecified atom stereocenters. The van der Waals surface area contributed by atoms with Crippen LogP contribution in [0, 0.1) is 0 Å². The Morgan fingerprint density at radius 2 is 2.05 bits per heavy atom. The average Bonchev–Trinajstić information content (AvgIpc) is 3.39. The maximum Gasteiger partial charge on any atom is 0.124 e. The number of benzene rings is 1. The summed E-state index contributed by atoms with van der Waals surface area (Å²) in [4.78, 5) is 6.45. The molecule has 1 saturated carbocycles. The topological polar surface area (TPSA) is 45.6 Å². The van der Waals surface area contributed by atoms with E-state index in [1.54, 1.807) is 6.20 Å². The van der Waals surface area contributed by atoms with Gasteiger partial charge in [-0.2, -0.15) is 0 Å². The van der Waals surface area contributed by atoms with Crippen molar-refractivity contribution >= 4 is 0 Å². The highest BCUT2D eigenvalue weighted by atomic mass is 16.5. The predicted octanol–water partition coefficient (Wildman–Crippen LogP) is 2.62. The second kappa shape index (κ2) is 7.38. The highest BCUT2D eigenvalue weighted by Crippen LogP contribution is 2.30. The molecule has 0 bridgehead atoms. The molecule has 1 aromatic heterocycles. The lowest BCUT2D eigenvalue weighted by Crippen LogP contribution is -2.28. The van der Waals surface area contributed by atoms with E-state index in [1.165, 1.54) is 18.4 Å². The zero-order chi connectivity index (χ0) is 15.2. The number of hydrogen-bond acceptors (Lipinski definition) is 4. The molecule has 1 aliphatic carbocycles. The van der Waals surface area contributed by atoms with E-state index in [1.807, 2.05) is 36.5 Å². The molecule has 22 heavy (non-hydrogen) atoms. The van der Waals surface area contributed by atoms with E-state index in [2.05, 4.69) is 16.0 Å². The second-order valence-electron chi connectivity index (χ2n) is 5.68. The molecule has 4 heteroatoms. The molecule has 0 saturated heterocycles. The quantitative estimate of drug-likeness (QED) is 0.814. The number of aliphatic hydroxyl groups excluding tert-OH is 1. The van der Waals surface area contributed by atoms with Crippen molar-refractivity contribution < 1.29 is 9.84 Å². The van der Waals surface area contributed by atoms with Gasteiger partial charge in [0.2, 0.25) is 0 Å². The Bertz CT molecular complexity index is 585. The SMILES string of the molecule is OCCN(Cc1ccccc1OCc1cccnc1)C1CC1. The van der Waals surface area contributed by atoms with Crippen LogP contribution in [0.4, 0.5) is 0 Å². The molecule has 1 N–H and O–H groups in total. The van der Waals surface area contributed by atoms with Gasteiger partial charge < -0.3 is 9.84 Å². The van der Waals surface area contributed by atoms with Crippen LogP contribution >= 0.6 is 0 Å². The fourth-order valence-electron chi connectivity index (χ4n) is 2.60. The molecule has 1 fully saturated rings. The maximum atomic E-state index is 9.23. The van der Waals surface area contributed by atoms with Crippen LogP contribution in [-0.2, 0) is 13.2 Å². The third-order valence-electron chi connectivity index (χ3n) is 3.91. The third kappa shape index (κ3) is 4.06. The molecule has 0 amide bonds. The number of para-hydroxylation sites is 1. The number of nitrogens with zero attached hydrogens (tertiary/aromatic N) is 2. The van der Waals surface area contributed by atoms with Gasteiger partial charge in [0, 0.05) is 42.7 Å². The first-order valence-corrected chi connectivity index (χ1v) is 7.81. The summed E-state index contributed by atoms with van der Waals surface area (Å²) in [7, 11) is 0. The summed E-state index contributed by atoms with van der Waals surface area (Å²) < 4.78 is 5.97. The zero-order valence-corrected chi connectivity index (χ0v) is 12.7. The molecule has 4 nitrogen and oxygen atoms in total. The van der Waals surface area contributed by atoms with Crippen molar-refractivity contribution in [2.24, 2.45) is 0 Å². The fourth-order valence-corrected chi connectivity index (χ4v) is 2.60. The summed E-state index contributed by atoms with van der Waals surface area (Å²) >= 11 is 0. The number of hydrogen-bond donors (Lipinski definition) is 1. The zero-order valence-electron chi connectivity index (χ0n) is 12.7. The fraction of sp³-hybridized carbons (Fsp3) is 0.389. The van der Waals surface area contributed by atoms with Gasteiger partial charge in [0.25, 0.3) is 0 Å². The van der Waals surface area contributed by atoms with Crippen LogP contribution in [0.3, 0.4) is 0 Å². The summed E-state index contributed by atoms with van der Waals surface area (Å²) in [5.41, 5.74) is 2.23. The van der Waals surface area contributed by atoms with E-state index < -0.39 is 0 Å². The Balaban J connectivity index is 1.66. The molecular formula is C18H22N2O2. The highest BCUT2D eigenvalue weighted by Gasteiger charge is 2.28. The average molecular weight is 298 g/mol. The largest absolute Gasteiger partial charge is 0.489 e. The lowest BCUT2D eigenvalue weighted by molar-refractivity contribution is 0.181. The van der Waals surface area contributed by atoms with Crippen LogP contribution in [0.25, 0.3) is 0 Å². The molecule has 116 valence electrons. The third-order valence-corrected chi connectivity index (χ3v) is 3.91. The van der Waals surface area contributed by atoms with Gasteiger partial charge in [0.05, 0.1) is 6.61 Å². The van der Waals surface area contributed by atoms with E-state index in [9.17, 15) is 5.11 Å². The number of ether oxygens (including phenoxy) is 1. The normalized spacial score (nSPS) is 14.3. The Labute approximate surface area is 131 Å². The van der Waals surface area contributed by atoms with Crippen molar-refractivity contribution in [2.75, 3.05) is 13.2 Å². The van der Waals surface area contributed by atoms with Gasteiger partial charge in [-0.1, -0.05) is 24.3 Å². The summed E-state index contributed by atoms with van der Waals surface area (Å²) in [6.45, 7) is 2.28. The Morgan fingerprint density at radius 1 is 1.18 bits per heavy atom. The van der Waals surface area contributed by atoms with Crippen molar-refractivity contribution in [3.8, 4) is 5.75 Å². The van der Waals surface area contributed by atoms with Gasteiger partial charge in [0.1, 0.15) is 12.4 Å². The van der Waals surface area contributed by atoms with Crippen molar-refractivity contribution in [3.63, 3.8) is 0 Å². The van der Waals surface area contributed by atoms with Crippen molar-refractivity contribution in [3.05, 3.63) is 59.9 Å². The maximum absolute atomic E-state index is 9.23. The molecule has 0 atom stereocenters. The van der Waals surface area contributed by atoms with Crippen LogP contribution in [0.5, 0.6) is 5.75 Å². The summed E-state index contributed by atoms with van der Waals surface area (Å²) in [6.07, 6.45) is 6.06. The molecule has 1 heterocycles. The van der Waals surface area contributed by atoms with Crippen molar-refractivity contribution in [2.45, 2.75) is 32.0 Å². The Hall–Kier alpha value is -1.91. The molecule has 2 aromatic rings. The van der Waals surface area contributed by atoms with E-state index >= 15 is 0 Å². The van der Waals surface area contributed by atoms with Gasteiger partial charge in [-0.15, -0.1) is 0 Å². The van der Waals surface area contributed by atoms with Crippen molar-refractivity contribution in [1.29, 1.82) is 0 Å². The summed E-state index contributed by atoms with van der Waals surface area (Å²) in [5, 5.41) is 9.23. The number of aromatic nitrogens is 1. The molecule has 3 rings (SSSR count). The van der Waals surface area contributed by atoms with E-state index in [4.69, 9.17) is 4.74 Å². The van der Waals surface area contributed by atoms with Crippen LogP contribution < -0.4 is 4.74 Å². The molecule has 0 aliphatic heterocycles. The van der Waals surface area contributed by atoms with Crippen molar-refractivity contribution in [1.82, 2.24) is 9.88 Å². The first kappa shape index (κ1) is 15.0. The number of aliphatic hydroxyl groups is 1. The van der Waals surface area contributed by atoms with Gasteiger partial charge in [-0.3, -0.25) is 9.88 Å². The van der Waals surface area contributed by atoms with E-state index in [0.717, 1.165) is 24.4 Å². The standard InChI is InChI=1S/C18H22N2O2/c21-11-10-20(17-7-8-17)13-16-5-1-2-6-18(16)22-14-15-4-3-9-19-12-15/h1-6,9,12,17,21H,7-8,10-11,13-14H2. The van der Waals surface area contributed by atoms with Crippen LogP contribution in [0.1, 0.15) is 24.0 Å². The molecule has 0 radical (unpaired) electrons. The molecule has 1 aliphatic rings. The van der Waals surface area contributed by atoms with E-state index in [0.29, 0.717) is 12.6 Å². The first-order valence-electron chi connectivity index (χ1n) is 7.81. The minimum absolute atomic E-state index is 0.204. The second-order valence-corrected chi connectivity index (χ2v) is 5.68. The molecular weight excluding hydrogens is 276 g/mol. The minimum Gasteiger partial charge on any atom is -0.489 e. The van der Waals surface area contributed by atoms with Crippen LogP contribution in [-0.4, -0.2) is 34.2 Å². The molecule has 0 spiro atoms. The van der Waals surface area contributed by atoms with Gasteiger partial charge in [0.15, 0.2) is 0 Å². The van der Waals surface area contributed by atoms with Crippen LogP contribution in [0.15, 0.2) is 48.8 Å². The van der Waals surface area contributed by atoms with Crippen LogP contribution in [0.2, 0.25) is 0 Å². The Kier molecular flexibility index (Phi) is 5.03. The lowest BCUT2D eigenvalue weighted by atomic mass is 10.2. The van der Waals surface area contributed by atoms with Gasteiger partial charge in [-0.05, 0) is 25.0 Å².